The largest absolute Gasteiger partial charge is 0.405 e. The van der Waals surface area contributed by atoms with Gasteiger partial charge in [-0.25, -0.2) is 0 Å². The minimum Gasteiger partial charge on any atom is -0.345 e. The minimum absolute atomic E-state index is 0.158. The minimum atomic E-state index is -4.55. The highest BCUT2D eigenvalue weighted by atomic mass is 79.9. The van der Waals surface area contributed by atoms with Gasteiger partial charge in [0.15, 0.2) is 0 Å². The first kappa shape index (κ1) is 24.3. The molecule has 1 aromatic heterocycles. The van der Waals surface area contributed by atoms with Crippen LogP contribution in [-0.4, -0.2) is 65.2 Å². The molecular weight excluding hydrogens is 543 g/mol. The van der Waals surface area contributed by atoms with Crippen molar-refractivity contribution >= 4 is 50.2 Å². The molecule has 12 heteroatoms. The van der Waals surface area contributed by atoms with Crippen LogP contribution in [0, 0.1) is 0 Å². The molecule has 1 spiro atoms. The number of benzene rings is 2. The highest BCUT2D eigenvalue weighted by Crippen LogP contribution is 2.51. The molecule has 1 saturated heterocycles. The van der Waals surface area contributed by atoms with Crippen LogP contribution < -0.4 is 10.2 Å². The Labute approximate surface area is 211 Å². The van der Waals surface area contributed by atoms with E-state index in [-0.39, 0.29) is 11.8 Å². The number of nitrogens with zero attached hydrogens (tertiary/aromatic N) is 3. The van der Waals surface area contributed by atoms with Crippen LogP contribution in [0.25, 0.3) is 10.9 Å². The predicted octanol–water partition coefficient (Wildman–Crippen LogP) is 3.52. The van der Waals surface area contributed by atoms with Crippen molar-refractivity contribution in [3.63, 3.8) is 0 Å². The lowest BCUT2D eigenvalue weighted by Crippen LogP contribution is -2.51. The van der Waals surface area contributed by atoms with Gasteiger partial charge in [-0.1, -0.05) is 22.0 Å². The number of aromatic amines is 1. The van der Waals surface area contributed by atoms with Gasteiger partial charge in [-0.3, -0.25) is 19.5 Å². The number of carbonyl (C=O) groups is 3. The summed E-state index contributed by atoms with van der Waals surface area (Å²) < 4.78 is 38.3. The summed E-state index contributed by atoms with van der Waals surface area (Å²) in [6, 6.07) is 10.5. The zero-order valence-electron chi connectivity index (χ0n) is 18.9. The summed E-state index contributed by atoms with van der Waals surface area (Å²) in [7, 11) is 0. The summed E-state index contributed by atoms with van der Waals surface area (Å²) in [5.74, 6) is -1.40. The second-order valence-corrected chi connectivity index (χ2v) is 9.82. The van der Waals surface area contributed by atoms with Crippen LogP contribution >= 0.6 is 15.9 Å². The lowest BCUT2D eigenvalue weighted by atomic mass is 9.73. The van der Waals surface area contributed by atoms with Gasteiger partial charge in [0.2, 0.25) is 11.8 Å². The average Bonchev–Trinajstić information content (AvgIpc) is 3.40. The second kappa shape index (κ2) is 8.91. The molecule has 188 valence electrons. The van der Waals surface area contributed by atoms with Crippen LogP contribution in [0.5, 0.6) is 0 Å². The molecule has 5 rings (SSSR count). The summed E-state index contributed by atoms with van der Waals surface area (Å²) in [6.07, 6.45) is -2.26. The van der Waals surface area contributed by atoms with Gasteiger partial charge in [0, 0.05) is 39.8 Å². The normalized spacial score (nSPS) is 17.1. The van der Waals surface area contributed by atoms with Crippen molar-refractivity contribution in [3.05, 3.63) is 58.2 Å². The first-order valence-corrected chi connectivity index (χ1v) is 12.1. The van der Waals surface area contributed by atoms with E-state index in [1.165, 1.54) is 4.90 Å². The Morgan fingerprint density at radius 3 is 2.64 bits per heavy atom. The fourth-order valence-corrected chi connectivity index (χ4v) is 5.79. The molecule has 2 aliphatic rings. The number of rotatable bonds is 4. The van der Waals surface area contributed by atoms with Crippen LogP contribution in [0.1, 0.15) is 28.8 Å². The number of halogens is 4. The van der Waals surface area contributed by atoms with Gasteiger partial charge in [-0.2, -0.15) is 18.3 Å². The van der Waals surface area contributed by atoms with E-state index in [1.807, 2.05) is 5.32 Å². The molecule has 0 saturated carbocycles. The lowest BCUT2D eigenvalue weighted by molar-refractivity contribution is -0.138. The predicted molar refractivity (Wildman–Crippen MR) is 128 cm³/mol. The number of aromatic nitrogens is 2. The van der Waals surface area contributed by atoms with Gasteiger partial charge in [-0.15, -0.1) is 0 Å². The van der Waals surface area contributed by atoms with Crippen molar-refractivity contribution < 1.29 is 27.6 Å². The molecule has 1 fully saturated rings. The third kappa shape index (κ3) is 4.23. The fraction of sp³-hybridized carbons (Fsp3) is 0.333. The van der Waals surface area contributed by atoms with Crippen LogP contribution in [-0.2, 0) is 15.0 Å². The summed E-state index contributed by atoms with van der Waals surface area (Å²) >= 11 is 3.52. The van der Waals surface area contributed by atoms with E-state index >= 15 is 0 Å². The van der Waals surface area contributed by atoms with E-state index in [9.17, 15) is 27.6 Å². The highest BCUT2D eigenvalue weighted by Gasteiger charge is 2.53. The van der Waals surface area contributed by atoms with Gasteiger partial charge >= 0.3 is 6.18 Å². The average molecular weight is 564 g/mol. The molecule has 3 heterocycles. The van der Waals surface area contributed by atoms with Crippen molar-refractivity contribution in [2.24, 2.45) is 0 Å². The summed E-state index contributed by atoms with van der Waals surface area (Å²) in [4.78, 5) is 42.0. The van der Waals surface area contributed by atoms with Crippen LogP contribution in [0.2, 0.25) is 0 Å². The molecule has 0 aliphatic carbocycles. The van der Waals surface area contributed by atoms with Gasteiger partial charge in [-0.05, 0) is 43.2 Å². The maximum Gasteiger partial charge on any atom is 0.405 e. The zero-order chi connectivity index (χ0) is 25.7. The number of nitrogens with one attached hydrogen (secondary N) is 2. The number of alkyl halides is 3. The van der Waals surface area contributed by atoms with Crippen LogP contribution in [0.3, 0.4) is 0 Å². The second-order valence-electron chi connectivity index (χ2n) is 8.96. The van der Waals surface area contributed by atoms with Crippen molar-refractivity contribution in [1.82, 2.24) is 20.4 Å². The molecule has 0 bridgehead atoms. The number of carbonyl (C=O) groups excluding carboxylic acids is 3. The molecule has 2 aliphatic heterocycles. The van der Waals surface area contributed by atoms with E-state index in [0.29, 0.717) is 47.2 Å². The Morgan fingerprint density at radius 1 is 1.17 bits per heavy atom. The molecule has 2 aromatic carbocycles. The number of anilines is 1. The number of likely N-dealkylation sites (tertiary alicyclic amines) is 1. The monoisotopic (exact) mass is 563 g/mol. The first-order chi connectivity index (χ1) is 17.1. The Bertz CT molecular complexity index is 1360. The van der Waals surface area contributed by atoms with Crippen molar-refractivity contribution in [3.8, 4) is 0 Å². The lowest BCUT2D eigenvalue weighted by Gasteiger charge is -2.38. The van der Waals surface area contributed by atoms with Crippen LogP contribution in [0.4, 0.5) is 18.9 Å². The smallest absolute Gasteiger partial charge is 0.345 e. The number of amides is 3. The quantitative estimate of drug-likeness (QED) is 0.507. The number of hydrogen-bond donors (Lipinski definition) is 2. The SMILES string of the molecule is O=C(CN1C(=O)C2(CCN(C(=O)c3ccc4[nH]ncc4c3)CC2)c2c(Br)cccc21)NCC(F)(F)F. The van der Waals surface area contributed by atoms with E-state index in [0.717, 1.165) is 10.9 Å². The van der Waals surface area contributed by atoms with Gasteiger partial charge in [0.05, 0.1) is 17.1 Å². The molecule has 0 atom stereocenters. The molecule has 2 N–H and O–H groups in total. The highest BCUT2D eigenvalue weighted by molar-refractivity contribution is 9.10. The topological polar surface area (TPSA) is 98.4 Å². The molecule has 8 nitrogen and oxygen atoms in total. The summed E-state index contributed by atoms with van der Waals surface area (Å²) in [5.41, 5.74) is 1.54. The number of H-pyrrole nitrogens is 1. The fourth-order valence-electron chi connectivity index (χ4n) is 5.06. The summed E-state index contributed by atoms with van der Waals surface area (Å²) in [5, 5.41) is 9.46. The Kier molecular flexibility index (Phi) is 6.01. The maximum absolute atomic E-state index is 13.7. The van der Waals surface area contributed by atoms with Crippen molar-refractivity contribution in [2.45, 2.75) is 24.4 Å². The Balaban J connectivity index is 1.36. The number of fused-ring (bicyclic) bond motifs is 3. The third-order valence-electron chi connectivity index (χ3n) is 6.79. The van der Waals surface area contributed by atoms with Gasteiger partial charge in [0.25, 0.3) is 5.91 Å². The number of piperidine rings is 1. The summed E-state index contributed by atoms with van der Waals surface area (Å²) in [6.45, 7) is -1.37. The Morgan fingerprint density at radius 2 is 1.92 bits per heavy atom. The molecule has 0 unspecified atom stereocenters. The van der Waals surface area contributed by atoms with Gasteiger partial charge < -0.3 is 15.1 Å². The van der Waals surface area contributed by atoms with Gasteiger partial charge in [0.1, 0.15) is 13.1 Å². The van der Waals surface area contributed by atoms with E-state index in [2.05, 4.69) is 26.1 Å². The first-order valence-electron chi connectivity index (χ1n) is 11.3. The van der Waals surface area contributed by atoms with E-state index in [4.69, 9.17) is 0 Å². The standard InChI is InChI=1S/C24H21BrF3N5O3/c25-16-2-1-3-18-20(16)23(22(36)33(18)12-19(34)29-13-24(26,27)28)6-8-32(9-7-23)21(35)14-4-5-17-15(10-14)11-30-31-17/h1-5,10-11H,6-9,12-13H2,(H,29,34)(H,30,31). The van der Waals surface area contributed by atoms with E-state index < -0.39 is 30.6 Å². The number of hydrogen-bond acceptors (Lipinski definition) is 4. The molecule has 3 amide bonds. The zero-order valence-corrected chi connectivity index (χ0v) is 20.4. The molecular formula is C24H21BrF3N5O3. The third-order valence-corrected chi connectivity index (χ3v) is 7.46. The maximum atomic E-state index is 13.7. The molecule has 36 heavy (non-hydrogen) atoms. The van der Waals surface area contributed by atoms with Crippen molar-refractivity contribution in [1.29, 1.82) is 0 Å². The van der Waals surface area contributed by atoms with Crippen molar-refractivity contribution in [2.75, 3.05) is 31.1 Å². The Hall–Kier alpha value is -3.41. The van der Waals surface area contributed by atoms with Crippen LogP contribution in [0.15, 0.2) is 47.1 Å². The molecule has 3 aromatic rings. The van der Waals surface area contributed by atoms with E-state index in [1.54, 1.807) is 47.5 Å². The molecule has 0 radical (unpaired) electrons.